The summed E-state index contributed by atoms with van der Waals surface area (Å²) in [7, 11) is -3.19. The summed E-state index contributed by atoms with van der Waals surface area (Å²) in [5.74, 6) is 0.215. The molecule has 108 valence electrons. The zero-order valence-corrected chi connectivity index (χ0v) is 12.8. The van der Waals surface area contributed by atoms with Crippen LogP contribution in [0.5, 0.6) is 0 Å². The Hall–Kier alpha value is -1.03. The van der Waals surface area contributed by atoms with Crippen LogP contribution in [-0.4, -0.2) is 14.2 Å². The molecule has 0 heterocycles. The maximum atomic E-state index is 11.9. The molecular formula is C15H25NO2S. The number of hydrogen-bond acceptors (Lipinski definition) is 2. The van der Waals surface area contributed by atoms with Gasteiger partial charge in [-0.15, -0.1) is 0 Å². The predicted molar refractivity (Wildman–Crippen MR) is 82.0 cm³/mol. The lowest BCUT2D eigenvalue weighted by molar-refractivity contribution is 0.588. The summed E-state index contributed by atoms with van der Waals surface area (Å²) in [6, 6.07) is 7.44. The van der Waals surface area contributed by atoms with Crippen molar-refractivity contribution in [1.29, 1.82) is 0 Å². The Morgan fingerprint density at radius 3 is 2.42 bits per heavy atom. The van der Waals surface area contributed by atoms with Crippen molar-refractivity contribution in [1.82, 2.24) is 0 Å². The van der Waals surface area contributed by atoms with Crippen LogP contribution in [0.25, 0.3) is 0 Å². The minimum absolute atomic E-state index is 0.215. The normalized spacial score (nSPS) is 11.5. The molecule has 3 nitrogen and oxygen atoms in total. The SMILES string of the molecule is CCCCCCCCS(=O)(=O)Nc1cccc(C)c1. The first kappa shape index (κ1) is 16.0. The fraction of sp³-hybridized carbons (Fsp3) is 0.600. The van der Waals surface area contributed by atoms with Crippen molar-refractivity contribution in [3.8, 4) is 0 Å². The molecule has 0 aliphatic carbocycles. The topological polar surface area (TPSA) is 46.2 Å². The van der Waals surface area contributed by atoms with E-state index in [-0.39, 0.29) is 5.75 Å². The quantitative estimate of drug-likeness (QED) is 0.694. The van der Waals surface area contributed by atoms with E-state index in [0.29, 0.717) is 5.69 Å². The van der Waals surface area contributed by atoms with Crippen LogP contribution >= 0.6 is 0 Å². The maximum Gasteiger partial charge on any atom is 0.232 e. The van der Waals surface area contributed by atoms with Gasteiger partial charge in [-0.1, -0.05) is 51.2 Å². The van der Waals surface area contributed by atoms with E-state index in [2.05, 4.69) is 11.6 Å². The molecular weight excluding hydrogens is 258 g/mol. The highest BCUT2D eigenvalue weighted by Gasteiger charge is 2.09. The monoisotopic (exact) mass is 283 g/mol. The van der Waals surface area contributed by atoms with Crippen molar-refractivity contribution < 1.29 is 8.42 Å². The molecule has 0 fully saturated rings. The number of unbranched alkanes of at least 4 members (excludes halogenated alkanes) is 5. The molecule has 1 N–H and O–H groups in total. The van der Waals surface area contributed by atoms with E-state index in [1.165, 1.54) is 19.3 Å². The van der Waals surface area contributed by atoms with Gasteiger partial charge in [-0.2, -0.15) is 0 Å². The first-order valence-corrected chi connectivity index (χ1v) is 8.76. The lowest BCUT2D eigenvalue weighted by Gasteiger charge is -2.08. The Balaban J connectivity index is 2.32. The second kappa shape index (κ2) is 8.20. The smallest absolute Gasteiger partial charge is 0.232 e. The fourth-order valence-corrected chi connectivity index (χ4v) is 3.18. The summed E-state index contributed by atoms with van der Waals surface area (Å²) in [6.07, 6.45) is 6.54. The number of sulfonamides is 1. The van der Waals surface area contributed by atoms with Gasteiger partial charge in [-0.25, -0.2) is 8.42 Å². The molecule has 0 amide bonds. The van der Waals surface area contributed by atoms with Crippen molar-refractivity contribution in [3.63, 3.8) is 0 Å². The summed E-state index contributed by atoms with van der Waals surface area (Å²) in [5, 5.41) is 0. The van der Waals surface area contributed by atoms with Crippen molar-refractivity contribution >= 4 is 15.7 Å². The van der Waals surface area contributed by atoms with Crippen LogP contribution in [-0.2, 0) is 10.0 Å². The molecule has 0 atom stereocenters. The van der Waals surface area contributed by atoms with E-state index < -0.39 is 10.0 Å². The molecule has 0 aliphatic rings. The highest BCUT2D eigenvalue weighted by molar-refractivity contribution is 7.92. The standard InChI is InChI=1S/C15H25NO2S/c1-3-4-5-6-7-8-12-19(17,18)16-15-11-9-10-14(2)13-15/h9-11,13,16H,3-8,12H2,1-2H3. The molecule has 0 bridgehead atoms. The highest BCUT2D eigenvalue weighted by Crippen LogP contribution is 2.13. The Morgan fingerprint density at radius 1 is 1.05 bits per heavy atom. The molecule has 19 heavy (non-hydrogen) atoms. The van der Waals surface area contributed by atoms with E-state index >= 15 is 0 Å². The second-order valence-electron chi connectivity index (χ2n) is 5.06. The Kier molecular flexibility index (Phi) is 6.92. The van der Waals surface area contributed by atoms with Crippen LogP contribution in [0, 0.1) is 6.92 Å². The zero-order chi connectivity index (χ0) is 14.1. The minimum atomic E-state index is -3.19. The summed E-state index contributed by atoms with van der Waals surface area (Å²) < 4.78 is 26.4. The van der Waals surface area contributed by atoms with Gasteiger partial charge in [0.1, 0.15) is 0 Å². The van der Waals surface area contributed by atoms with Gasteiger partial charge < -0.3 is 0 Å². The Labute approximate surface area is 117 Å². The van der Waals surface area contributed by atoms with Gasteiger partial charge in [0.15, 0.2) is 0 Å². The molecule has 0 saturated heterocycles. The van der Waals surface area contributed by atoms with Crippen molar-refractivity contribution in [2.45, 2.75) is 52.4 Å². The van der Waals surface area contributed by atoms with E-state index in [4.69, 9.17) is 0 Å². The Morgan fingerprint density at radius 2 is 1.74 bits per heavy atom. The summed E-state index contributed by atoms with van der Waals surface area (Å²) in [5.41, 5.74) is 1.71. The first-order valence-electron chi connectivity index (χ1n) is 7.10. The molecule has 0 spiro atoms. The van der Waals surface area contributed by atoms with Crippen LogP contribution in [0.1, 0.15) is 51.0 Å². The molecule has 0 aromatic heterocycles. The van der Waals surface area contributed by atoms with Gasteiger partial charge in [-0.05, 0) is 31.0 Å². The van der Waals surface area contributed by atoms with Gasteiger partial charge in [0.2, 0.25) is 10.0 Å². The third-order valence-electron chi connectivity index (χ3n) is 3.06. The lowest BCUT2D eigenvalue weighted by Crippen LogP contribution is -2.16. The number of hydrogen-bond donors (Lipinski definition) is 1. The van der Waals surface area contributed by atoms with Gasteiger partial charge in [-0.3, -0.25) is 4.72 Å². The molecule has 0 saturated carbocycles. The third kappa shape index (κ3) is 7.21. The van der Waals surface area contributed by atoms with Crippen molar-refractivity contribution in [3.05, 3.63) is 29.8 Å². The molecule has 1 aromatic carbocycles. The van der Waals surface area contributed by atoms with Gasteiger partial charge in [0.25, 0.3) is 0 Å². The van der Waals surface area contributed by atoms with Crippen LogP contribution in [0.3, 0.4) is 0 Å². The lowest BCUT2D eigenvalue weighted by atomic mass is 10.1. The number of aryl methyl sites for hydroxylation is 1. The second-order valence-corrected chi connectivity index (χ2v) is 6.90. The van der Waals surface area contributed by atoms with Crippen molar-refractivity contribution in [2.75, 3.05) is 10.5 Å². The van der Waals surface area contributed by atoms with E-state index in [0.717, 1.165) is 24.8 Å². The summed E-state index contributed by atoms with van der Waals surface area (Å²) >= 11 is 0. The van der Waals surface area contributed by atoms with Gasteiger partial charge >= 0.3 is 0 Å². The number of anilines is 1. The average molecular weight is 283 g/mol. The van der Waals surface area contributed by atoms with E-state index in [9.17, 15) is 8.42 Å². The van der Waals surface area contributed by atoms with Crippen LogP contribution in [0.4, 0.5) is 5.69 Å². The minimum Gasteiger partial charge on any atom is -0.284 e. The van der Waals surface area contributed by atoms with Gasteiger partial charge in [0.05, 0.1) is 5.75 Å². The molecule has 1 rings (SSSR count). The summed E-state index contributed by atoms with van der Waals surface area (Å²) in [4.78, 5) is 0. The predicted octanol–water partition coefficient (Wildman–Crippen LogP) is 4.10. The molecule has 0 aliphatic heterocycles. The molecule has 0 radical (unpaired) electrons. The number of rotatable bonds is 9. The van der Waals surface area contributed by atoms with Crippen molar-refractivity contribution in [2.24, 2.45) is 0 Å². The van der Waals surface area contributed by atoms with Crippen LogP contribution in [0.2, 0.25) is 0 Å². The molecule has 1 aromatic rings. The average Bonchev–Trinajstić information content (AvgIpc) is 2.33. The number of benzene rings is 1. The third-order valence-corrected chi connectivity index (χ3v) is 4.43. The first-order chi connectivity index (χ1) is 9.03. The molecule has 4 heteroatoms. The van der Waals surface area contributed by atoms with E-state index in [1.54, 1.807) is 6.07 Å². The van der Waals surface area contributed by atoms with Gasteiger partial charge in [0, 0.05) is 5.69 Å². The Bertz CT molecular complexity index is 469. The fourth-order valence-electron chi connectivity index (χ4n) is 2.01. The summed E-state index contributed by atoms with van der Waals surface area (Å²) in [6.45, 7) is 4.13. The zero-order valence-electron chi connectivity index (χ0n) is 12.0. The maximum absolute atomic E-state index is 11.9. The van der Waals surface area contributed by atoms with Crippen LogP contribution < -0.4 is 4.72 Å². The number of nitrogens with one attached hydrogen (secondary N) is 1. The molecule has 0 unspecified atom stereocenters. The van der Waals surface area contributed by atoms with Crippen LogP contribution in [0.15, 0.2) is 24.3 Å². The highest BCUT2D eigenvalue weighted by atomic mass is 32.2. The largest absolute Gasteiger partial charge is 0.284 e. The van der Waals surface area contributed by atoms with E-state index in [1.807, 2.05) is 25.1 Å².